The van der Waals surface area contributed by atoms with E-state index in [1.165, 1.54) is 9.80 Å². The van der Waals surface area contributed by atoms with Crippen LogP contribution in [-0.4, -0.2) is 138 Å². The first-order chi connectivity index (χ1) is 66.7. The minimum Gasteiger partial charge on any atom is -0.493 e. The van der Waals surface area contributed by atoms with Gasteiger partial charge < -0.3 is 76.6 Å². The molecule has 4 amide bonds. The van der Waals surface area contributed by atoms with E-state index in [4.69, 9.17) is 65.3 Å². The molecule has 24 nitrogen and oxygen atoms in total. The number of para-hydroxylation sites is 4. The maximum absolute atomic E-state index is 13.5. The molecule has 4 aromatic heterocycles. The molecule has 4 aliphatic carbocycles. The number of carboxylic acids is 4. The van der Waals surface area contributed by atoms with Gasteiger partial charge in [0.2, 0.25) is 0 Å². The van der Waals surface area contributed by atoms with E-state index in [0.717, 1.165) is 70.6 Å². The lowest BCUT2D eigenvalue weighted by atomic mass is 10.1. The molecule has 132 heavy (non-hydrogen) atoms. The molecular formula is C108H108N4O20. The molecule has 8 aromatic carbocycles. The van der Waals surface area contributed by atoms with Crippen molar-refractivity contribution in [1.29, 1.82) is 0 Å². The van der Waals surface area contributed by atoms with Crippen molar-refractivity contribution >= 4 is 47.5 Å². The van der Waals surface area contributed by atoms with Gasteiger partial charge in [-0.3, -0.25) is 38.4 Å². The summed E-state index contributed by atoms with van der Waals surface area (Å²) in [6, 6.07) is 69.4. The molecule has 0 bridgehead atoms. The van der Waals surface area contributed by atoms with E-state index in [2.05, 4.69) is 0 Å². The molecule has 0 radical (unpaired) electrons. The maximum Gasteiger partial charge on any atom is 0.307 e. The van der Waals surface area contributed by atoms with Gasteiger partial charge in [-0.05, 0) is 198 Å². The highest BCUT2D eigenvalue weighted by Gasteiger charge is 2.38. The van der Waals surface area contributed by atoms with Gasteiger partial charge in [-0.15, -0.1) is 0 Å². The van der Waals surface area contributed by atoms with Crippen molar-refractivity contribution in [3.05, 3.63) is 361 Å². The molecule has 4 saturated carbocycles. The van der Waals surface area contributed by atoms with Crippen molar-refractivity contribution in [3.63, 3.8) is 0 Å². The molecule has 680 valence electrons. The predicted octanol–water partition coefficient (Wildman–Crippen LogP) is 22.2. The summed E-state index contributed by atoms with van der Waals surface area (Å²) in [7, 11) is 0. The fourth-order valence-corrected chi connectivity index (χ4v) is 13.7. The average molecular weight is 1790 g/mol. The lowest BCUT2D eigenvalue weighted by Gasteiger charge is -2.24. The van der Waals surface area contributed by atoms with Crippen LogP contribution in [0.3, 0.4) is 0 Å². The summed E-state index contributed by atoms with van der Waals surface area (Å²) in [5.74, 6) is 0.241. The third-order valence-electron chi connectivity index (χ3n) is 21.1. The summed E-state index contributed by atoms with van der Waals surface area (Å²) in [6.07, 6.45) is 27.5. The Bertz CT molecular complexity index is 6170. The second-order valence-corrected chi connectivity index (χ2v) is 31.2. The van der Waals surface area contributed by atoms with Crippen LogP contribution in [0, 0.1) is 0 Å². The summed E-state index contributed by atoms with van der Waals surface area (Å²) in [5, 5.41) is 34.8. The van der Waals surface area contributed by atoms with Crippen LogP contribution >= 0.6 is 0 Å². The summed E-state index contributed by atoms with van der Waals surface area (Å²) in [5.41, 5.74) is 7.49. The number of carbonyl (C=O) groups is 8. The van der Waals surface area contributed by atoms with Gasteiger partial charge in [-0.25, -0.2) is 0 Å². The van der Waals surface area contributed by atoms with Crippen molar-refractivity contribution in [1.82, 2.24) is 19.6 Å². The van der Waals surface area contributed by atoms with Gasteiger partial charge in [0.1, 0.15) is 59.3 Å². The van der Waals surface area contributed by atoms with E-state index in [1.54, 1.807) is 217 Å². The van der Waals surface area contributed by atoms with Crippen molar-refractivity contribution in [3.8, 4) is 68.3 Å². The summed E-state index contributed by atoms with van der Waals surface area (Å²) >= 11 is 0. The van der Waals surface area contributed by atoms with Gasteiger partial charge in [0.25, 0.3) is 23.6 Å². The van der Waals surface area contributed by atoms with Gasteiger partial charge in [0.15, 0.2) is 0 Å². The normalized spacial score (nSPS) is 14.6. The molecule has 4 heterocycles. The number of hydrogen-bond donors (Lipinski definition) is 4. The Balaban J connectivity index is 0.000000155. The molecule has 24 heteroatoms. The Morgan fingerprint density at radius 3 is 0.879 bits per heavy atom. The average Bonchev–Trinajstić information content (AvgIpc) is 1.63. The number of aliphatic carboxylic acids is 4. The zero-order chi connectivity index (χ0) is 97.6. The number of ether oxygens (including phenoxy) is 4. The highest BCUT2D eigenvalue weighted by atomic mass is 16.5. The van der Waals surface area contributed by atoms with Crippen molar-refractivity contribution in [2.45, 2.75) is 153 Å². The lowest BCUT2D eigenvalue weighted by Crippen LogP contribution is -2.32. The number of rotatable bonds is 44. The Hall–Kier alpha value is -15.2. The van der Waals surface area contributed by atoms with Gasteiger partial charge in [0.05, 0.1) is 59.3 Å². The van der Waals surface area contributed by atoms with E-state index < -0.39 is 48.9 Å². The SMILES string of the molecule is [2H]C([2H])(c1ccccc1OC/C=C/CCC(=O)O)N(C(=O)c1ccc(-c2ccco2)cc1)C1CC1.[2H]C([2H])(c1ccccc1OCC/C=C\CC(=O)O)N(C(=O)c1ccc(-c2ccco2)cc1)C1CC1.[2H]C1(N(Cc2ccccc2OC/C=C/CCC(=O)O)C(=O)c2ccc(-c3ccco3)cc2)CC1.[2H]C1(N(Cc2ccccc2OCC/C=C\CC(=O)O)C(=O)c2ccc(-c3ccco3)cc2)CC1. The van der Waals surface area contributed by atoms with E-state index >= 15 is 0 Å². The molecule has 4 aliphatic rings. The molecule has 4 fully saturated rings. The Morgan fingerprint density at radius 2 is 0.591 bits per heavy atom. The maximum atomic E-state index is 13.5. The Kier molecular flexibility index (Phi) is 31.9. The fraction of sp³-hybridized carbons (Fsp3) is 0.259. The number of carboxylic acid groups (broad SMARTS) is 4. The van der Waals surface area contributed by atoms with E-state index in [1.807, 2.05) is 109 Å². The molecule has 4 N–H and O–H groups in total. The number of hydrogen-bond acceptors (Lipinski definition) is 16. The zero-order valence-corrected chi connectivity index (χ0v) is 72.8. The molecule has 0 saturated heterocycles. The monoisotopic (exact) mass is 1790 g/mol. The molecule has 12 aromatic rings. The van der Waals surface area contributed by atoms with Gasteiger partial charge >= 0.3 is 23.9 Å². The number of nitrogens with zero attached hydrogens (tertiary/aromatic N) is 4. The Labute approximate surface area is 775 Å². The van der Waals surface area contributed by atoms with Crippen LogP contribution in [0.15, 0.2) is 334 Å². The third kappa shape index (κ3) is 29.4. The third-order valence-corrected chi connectivity index (χ3v) is 21.1. The first kappa shape index (κ1) is 86.2. The van der Waals surface area contributed by atoms with Crippen LogP contribution in [0.5, 0.6) is 23.0 Å². The van der Waals surface area contributed by atoms with Crippen LogP contribution in [0.1, 0.15) is 175 Å². The molecule has 0 spiro atoms. The summed E-state index contributed by atoms with van der Waals surface area (Å²) in [6.45, 7) is -2.54. The van der Waals surface area contributed by atoms with Crippen LogP contribution in [-0.2, 0) is 45.3 Å². The second kappa shape index (κ2) is 48.8. The number of furan rings is 4. The number of benzene rings is 8. The highest BCUT2D eigenvalue weighted by molar-refractivity contribution is 5.97. The zero-order valence-electron chi connectivity index (χ0n) is 78.8. The van der Waals surface area contributed by atoms with Crippen molar-refractivity contribution < 1.29 is 104 Å². The summed E-state index contributed by atoms with van der Waals surface area (Å²) < 4.78 is 98.3. The molecule has 0 atom stereocenters. The summed E-state index contributed by atoms with van der Waals surface area (Å²) in [4.78, 5) is 102. The second-order valence-electron chi connectivity index (χ2n) is 31.2. The standard InChI is InChI=1S/4C27H27NO5/c4*29-26(30)10-2-1-5-17-32-25-8-4-3-7-22(25)19-28(23-15-16-23)27(31)21-13-11-20(12-14-21)24-9-6-18-33-24/h2*1,3-9,11-14,18,23H,2,10,15-17,19H2,(H,29,30);2*1-4,6-9,11-14,18,23H,5,10,15-17,19H2,(H,29,30)/b2*5-1+;2*2-1-/i23D;19D2;23D;19D2. The van der Waals surface area contributed by atoms with Crippen LogP contribution in [0.25, 0.3) is 45.3 Å². The number of amides is 4. The van der Waals surface area contributed by atoms with Gasteiger partial charge in [-0.2, -0.15) is 0 Å². The van der Waals surface area contributed by atoms with Crippen molar-refractivity contribution in [2.75, 3.05) is 26.4 Å². The van der Waals surface area contributed by atoms with Gasteiger partial charge in [0, 0.05) is 130 Å². The van der Waals surface area contributed by atoms with Crippen LogP contribution in [0.2, 0.25) is 0 Å². The number of carbonyl (C=O) groups excluding carboxylic acids is 4. The van der Waals surface area contributed by atoms with E-state index in [0.29, 0.717) is 121 Å². The first-order valence-corrected chi connectivity index (χ1v) is 43.9. The number of allylic oxidation sites excluding steroid dienone is 2. The fourth-order valence-electron chi connectivity index (χ4n) is 13.7. The van der Waals surface area contributed by atoms with Crippen LogP contribution < -0.4 is 18.9 Å². The highest BCUT2D eigenvalue weighted by Crippen LogP contribution is 2.38. The van der Waals surface area contributed by atoms with E-state index in [9.17, 15) is 38.4 Å². The van der Waals surface area contributed by atoms with Crippen molar-refractivity contribution in [2.24, 2.45) is 0 Å². The van der Waals surface area contributed by atoms with E-state index in [-0.39, 0.29) is 98.8 Å². The molecule has 0 unspecified atom stereocenters. The molecule has 0 aliphatic heterocycles. The first-order valence-electron chi connectivity index (χ1n) is 46.9. The van der Waals surface area contributed by atoms with Gasteiger partial charge in [-0.1, -0.05) is 170 Å². The molecule has 16 rings (SSSR count). The van der Waals surface area contributed by atoms with Crippen LogP contribution in [0.4, 0.5) is 0 Å². The molecular weight excluding hydrogens is 1670 g/mol. The largest absolute Gasteiger partial charge is 0.493 e. The smallest absolute Gasteiger partial charge is 0.307 e. The predicted molar refractivity (Wildman–Crippen MR) is 500 cm³/mol. The lowest BCUT2D eigenvalue weighted by molar-refractivity contribution is -0.137. The quantitative estimate of drug-likeness (QED) is 0.0204. The topological polar surface area (TPSA) is 320 Å². The minimum absolute atomic E-state index is 0.0122. The minimum atomic E-state index is -2.10. The Morgan fingerprint density at radius 1 is 0.311 bits per heavy atom.